The smallest absolute Gasteiger partial charge is 0.243 e. The van der Waals surface area contributed by atoms with E-state index in [0.717, 1.165) is 30.4 Å². The van der Waals surface area contributed by atoms with Crippen molar-refractivity contribution in [1.29, 1.82) is 0 Å². The fourth-order valence-electron chi connectivity index (χ4n) is 3.62. The molecule has 8 heteroatoms. The Balaban J connectivity index is 1.50. The number of nitrogens with zero attached hydrogens (tertiary/aromatic N) is 1. The maximum atomic E-state index is 12.7. The highest BCUT2D eigenvalue weighted by atomic mass is 32.2. The Bertz CT molecular complexity index is 984. The Labute approximate surface area is 184 Å². The minimum Gasteiger partial charge on any atom is -0.493 e. The molecule has 1 heterocycles. The topological polar surface area (TPSA) is 84.9 Å². The lowest BCUT2D eigenvalue weighted by molar-refractivity contribution is -0.121. The van der Waals surface area contributed by atoms with Gasteiger partial charge in [-0.2, -0.15) is 4.31 Å². The number of ether oxygens (including phenoxy) is 2. The SMILES string of the molecule is COc1ccc(CNC(=O)CCc2ccc(S(=O)(=O)N3CCCCC3)cc2)cc1OC. The second-order valence-corrected chi connectivity index (χ2v) is 9.51. The van der Waals surface area contributed by atoms with Crippen LogP contribution in [0.3, 0.4) is 0 Å². The minimum atomic E-state index is -3.43. The molecule has 1 N–H and O–H groups in total. The monoisotopic (exact) mass is 446 g/mol. The molecule has 2 aromatic carbocycles. The minimum absolute atomic E-state index is 0.0696. The second-order valence-electron chi connectivity index (χ2n) is 7.57. The molecule has 7 nitrogen and oxygen atoms in total. The molecule has 1 fully saturated rings. The van der Waals surface area contributed by atoms with Gasteiger partial charge in [0.2, 0.25) is 15.9 Å². The molecule has 0 saturated carbocycles. The van der Waals surface area contributed by atoms with Crippen LogP contribution in [0.15, 0.2) is 47.4 Å². The molecule has 0 bridgehead atoms. The number of methoxy groups -OCH3 is 2. The number of piperidine rings is 1. The Kier molecular flexibility index (Phi) is 7.92. The van der Waals surface area contributed by atoms with E-state index in [9.17, 15) is 13.2 Å². The summed E-state index contributed by atoms with van der Waals surface area (Å²) in [6.45, 7) is 1.57. The van der Waals surface area contributed by atoms with Crippen LogP contribution in [0.5, 0.6) is 11.5 Å². The van der Waals surface area contributed by atoms with Crippen molar-refractivity contribution in [2.75, 3.05) is 27.3 Å². The van der Waals surface area contributed by atoms with Crippen molar-refractivity contribution in [3.05, 3.63) is 53.6 Å². The summed E-state index contributed by atoms with van der Waals surface area (Å²) in [6.07, 6.45) is 3.78. The maximum Gasteiger partial charge on any atom is 0.243 e. The number of aryl methyl sites for hydroxylation is 1. The van der Waals surface area contributed by atoms with Gasteiger partial charge in [0, 0.05) is 26.1 Å². The average molecular weight is 447 g/mol. The van der Waals surface area contributed by atoms with E-state index in [1.54, 1.807) is 48.9 Å². The van der Waals surface area contributed by atoms with E-state index in [4.69, 9.17) is 9.47 Å². The van der Waals surface area contributed by atoms with Gasteiger partial charge in [-0.05, 0) is 54.7 Å². The highest BCUT2D eigenvalue weighted by molar-refractivity contribution is 7.89. The Hall–Kier alpha value is -2.58. The molecule has 0 radical (unpaired) electrons. The first kappa shape index (κ1) is 23.1. The summed E-state index contributed by atoms with van der Waals surface area (Å²) in [7, 11) is -0.274. The number of amides is 1. The first-order chi connectivity index (χ1) is 14.9. The molecule has 0 aliphatic carbocycles. The van der Waals surface area contributed by atoms with Crippen molar-refractivity contribution < 1.29 is 22.7 Å². The first-order valence-corrected chi connectivity index (χ1v) is 11.9. The van der Waals surface area contributed by atoms with Crippen molar-refractivity contribution in [2.45, 2.75) is 43.5 Å². The maximum absolute atomic E-state index is 12.7. The average Bonchev–Trinajstić information content (AvgIpc) is 2.82. The Morgan fingerprint density at radius 2 is 1.58 bits per heavy atom. The molecule has 1 saturated heterocycles. The third-order valence-corrected chi connectivity index (χ3v) is 7.37. The van der Waals surface area contributed by atoms with Crippen LogP contribution in [0.2, 0.25) is 0 Å². The lowest BCUT2D eigenvalue weighted by Gasteiger charge is -2.25. The van der Waals surface area contributed by atoms with E-state index in [2.05, 4.69) is 5.32 Å². The summed E-state index contributed by atoms with van der Waals surface area (Å²) >= 11 is 0. The predicted octanol–water partition coefficient (Wildman–Crippen LogP) is 3.13. The van der Waals surface area contributed by atoms with Gasteiger partial charge in [-0.15, -0.1) is 0 Å². The quantitative estimate of drug-likeness (QED) is 0.640. The number of nitrogens with one attached hydrogen (secondary N) is 1. The summed E-state index contributed by atoms with van der Waals surface area (Å²) in [6, 6.07) is 12.4. The zero-order valence-electron chi connectivity index (χ0n) is 18.1. The highest BCUT2D eigenvalue weighted by Crippen LogP contribution is 2.27. The molecule has 168 valence electrons. The number of hydrogen-bond donors (Lipinski definition) is 1. The fourth-order valence-corrected chi connectivity index (χ4v) is 5.14. The van der Waals surface area contributed by atoms with Crippen LogP contribution in [0, 0.1) is 0 Å². The van der Waals surface area contributed by atoms with Crippen LogP contribution in [-0.2, 0) is 27.8 Å². The van der Waals surface area contributed by atoms with Gasteiger partial charge >= 0.3 is 0 Å². The lowest BCUT2D eigenvalue weighted by atomic mass is 10.1. The summed E-state index contributed by atoms with van der Waals surface area (Å²) in [5, 5.41) is 2.90. The van der Waals surface area contributed by atoms with Crippen molar-refractivity contribution in [1.82, 2.24) is 9.62 Å². The molecule has 3 rings (SSSR count). The largest absolute Gasteiger partial charge is 0.493 e. The van der Waals surface area contributed by atoms with Gasteiger partial charge < -0.3 is 14.8 Å². The summed E-state index contributed by atoms with van der Waals surface area (Å²) in [4.78, 5) is 12.5. The van der Waals surface area contributed by atoms with Crippen molar-refractivity contribution >= 4 is 15.9 Å². The molecule has 1 amide bonds. The summed E-state index contributed by atoms with van der Waals surface area (Å²) < 4.78 is 37.5. The standard InChI is InChI=1S/C23H30N2O5S/c1-29-21-12-8-19(16-22(21)30-2)17-24-23(26)13-9-18-6-10-20(11-7-18)31(27,28)25-14-4-3-5-15-25/h6-8,10-12,16H,3-5,9,13-15,17H2,1-2H3,(H,24,26). The van der Waals surface area contributed by atoms with Crippen LogP contribution in [0.25, 0.3) is 0 Å². The third kappa shape index (κ3) is 5.98. The molecule has 1 aliphatic rings. The number of hydrogen-bond acceptors (Lipinski definition) is 5. The molecule has 1 aliphatic heterocycles. The summed E-state index contributed by atoms with van der Waals surface area (Å²) in [5.41, 5.74) is 1.84. The highest BCUT2D eigenvalue weighted by Gasteiger charge is 2.25. The molecule has 0 aromatic heterocycles. The number of rotatable bonds is 9. The Morgan fingerprint density at radius 1 is 0.935 bits per heavy atom. The molecular formula is C23H30N2O5S. The molecule has 0 atom stereocenters. The van der Waals surface area contributed by atoms with Gasteiger partial charge in [0.1, 0.15) is 0 Å². The van der Waals surface area contributed by atoms with Crippen LogP contribution in [-0.4, -0.2) is 45.9 Å². The molecule has 0 unspecified atom stereocenters. The number of carbonyl (C=O) groups is 1. The number of sulfonamides is 1. The zero-order chi connectivity index (χ0) is 22.3. The van der Waals surface area contributed by atoms with Gasteiger partial charge in [-0.3, -0.25) is 4.79 Å². The van der Waals surface area contributed by atoms with Gasteiger partial charge in [-0.25, -0.2) is 8.42 Å². The van der Waals surface area contributed by atoms with E-state index in [-0.39, 0.29) is 5.91 Å². The van der Waals surface area contributed by atoms with E-state index >= 15 is 0 Å². The first-order valence-electron chi connectivity index (χ1n) is 10.5. The van der Waals surface area contributed by atoms with Crippen LogP contribution in [0.1, 0.15) is 36.8 Å². The molecule has 2 aromatic rings. The van der Waals surface area contributed by atoms with Crippen LogP contribution in [0.4, 0.5) is 0 Å². The second kappa shape index (κ2) is 10.6. The van der Waals surface area contributed by atoms with Crippen molar-refractivity contribution in [2.24, 2.45) is 0 Å². The van der Waals surface area contributed by atoms with Crippen LogP contribution < -0.4 is 14.8 Å². The number of benzene rings is 2. The van der Waals surface area contributed by atoms with Gasteiger partial charge in [-0.1, -0.05) is 24.6 Å². The van der Waals surface area contributed by atoms with E-state index in [1.807, 2.05) is 12.1 Å². The third-order valence-electron chi connectivity index (χ3n) is 5.45. The molecule has 0 spiro atoms. The van der Waals surface area contributed by atoms with Gasteiger partial charge in [0.15, 0.2) is 11.5 Å². The van der Waals surface area contributed by atoms with E-state index in [1.165, 1.54) is 0 Å². The normalized spacial score (nSPS) is 14.8. The fraction of sp³-hybridized carbons (Fsp3) is 0.435. The van der Waals surface area contributed by atoms with E-state index in [0.29, 0.717) is 48.9 Å². The van der Waals surface area contributed by atoms with Crippen LogP contribution >= 0.6 is 0 Å². The number of carbonyl (C=O) groups excluding carboxylic acids is 1. The van der Waals surface area contributed by atoms with Crippen molar-refractivity contribution in [3.63, 3.8) is 0 Å². The predicted molar refractivity (Wildman–Crippen MR) is 119 cm³/mol. The molecule has 31 heavy (non-hydrogen) atoms. The van der Waals surface area contributed by atoms with Gasteiger partial charge in [0.05, 0.1) is 19.1 Å². The van der Waals surface area contributed by atoms with Gasteiger partial charge in [0.25, 0.3) is 0 Å². The molecular weight excluding hydrogens is 416 g/mol. The van der Waals surface area contributed by atoms with E-state index < -0.39 is 10.0 Å². The summed E-state index contributed by atoms with van der Waals surface area (Å²) in [5.74, 6) is 1.19. The lowest BCUT2D eigenvalue weighted by Crippen LogP contribution is -2.35. The van der Waals surface area contributed by atoms with Crippen molar-refractivity contribution in [3.8, 4) is 11.5 Å². The Morgan fingerprint density at radius 3 is 2.23 bits per heavy atom. The zero-order valence-corrected chi connectivity index (χ0v) is 18.9.